The van der Waals surface area contributed by atoms with Crippen molar-refractivity contribution >= 4 is 0 Å². The average Bonchev–Trinajstić information content (AvgIpc) is 2.87. The Kier molecular flexibility index (Phi) is 3.61. The van der Waals surface area contributed by atoms with E-state index < -0.39 is 11.7 Å². The largest absolute Gasteiger partial charge is 0.419 e. The highest BCUT2D eigenvalue weighted by molar-refractivity contribution is 5.35. The van der Waals surface area contributed by atoms with Crippen LogP contribution >= 0.6 is 0 Å². The van der Waals surface area contributed by atoms with E-state index in [1.54, 1.807) is 24.3 Å². The molecule has 2 rings (SSSR count). The first-order valence-corrected chi connectivity index (χ1v) is 5.89. The van der Waals surface area contributed by atoms with E-state index in [1.165, 1.54) is 4.68 Å². The highest BCUT2D eigenvalue weighted by Gasteiger charge is 2.32. The normalized spacial score (nSPS) is 13.5. The number of hydrogen-bond donors (Lipinski definition) is 1. The molecular weight excluding hydrogens is 255 g/mol. The van der Waals surface area contributed by atoms with Crippen LogP contribution in [0.4, 0.5) is 13.2 Å². The van der Waals surface area contributed by atoms with Gasteiger partial charge in [-0.15, -0.1) is 0 Å². The Morgan fingerprint density at radius 3 is 2.37 bits per heavy atom. The summed E-state index contributed by atoms with van der Waals surface area (Å²) in [6.45, 7) is 1.97. The van der Waals surface area contributed by atoms with Crippen molar-refractivity contribution in [1.29, 1.82) is 0 Å². The molecule has 2 N–H and O–H groups in total. The van der Waals surface area contributed by atoms with Gasteiger partial charge in [0.05, 0.1) is 17.4 Å². The molecule has 102 valence electrons. The molecule has 0 aliphatic heterocycles. The summed E-state index contributed by atoms with van der Waals surface area (Å²) < 4.78 is 38.6. The molecule has 0 saturated carbocycles. The zero-order chi connectivity index (χ0) is 14.0. The first kappa shape index (κ1) is 13.6. The summed E-state index contributed by atoms with van der Waals surface area (Å²) >= 11 is 0. The van der Waals surface area contributed by atoms with Crippen molar-refractivity contribution < 1.29 is 13.2 Å². The Bertz CT molecular complexity index is 543. The third-order valence-electron chi connectivity index (χ3n) is 2.94. The quantitative estimate of drug-likeness (QED) is 0.929. The molecule has 0 bridgehead atoms. The van der Waals surface area contributed by atoms with Gasteiger partial charge >= 0.3 is 6.18 Å². The molecule has 1 atom stereocenters. The molecule has 1 unspecified atom stereocenters. The van der Waals surface area contributed by atoms with Gasteiger partial charge in [-0.2, -0.15) is 18.3 Å². The van der Waals surface area contributed by atoms with Crippen LogP contribution < -0.4 is 5.73 Å². The van der Waals surface area contributed by atoms with Crippen LogP contribution in [0.2, 0.25) is 0 Å². The van der Waals surface area contributed by atoms with Gasteiger partial charge in [-0.25, -0.2) is 4.68 Å². The van der Waals surface area contributed by atoms with Crippen molar-refractivity contribution in [2.24, 2.45) is 5.73 Å². The van der Waals surface area contributed by atoms with E-state index in [-0.39, 0.29) is 6.04 Å². The minimum Gasteiger partial charge on any atom is -0.324 e. The van der Waals surface area contributed by atoms with E-state index in [1.807, 2.05) is 6.92 Å². The lowest BCUT2D eigenvalue weighted by molar-refractivity contribution is -0.137. The Balaban J connectivity index is 2.25. The lowest BCUT2D eigenvalue weighted by Crippen LogP contribution is -2.08. The number of alkyl halides is 3. The number of nitrogens with zero attached hydrogens (tertiary/aromatic N) is 2. The Hall–Kier alpha value is -1.82. The molecule has 0 aliphatic rings. The standard InChI is InChI=1S/C13H14F3N3/c1-2-12(17)9-3-5-11(6-4-9)19-8-10(7-18-19)13(14,15)16/h3-8,12H,2,17H2,1H3. The first-order valence-electron chi connectivity index (χ1n) is 5.89. The molecule has 0 amide bonds. The third kappa shape index (κ3) is 2.96. The van der Waals surface area contributed by atoms with E-state index >= 15 is 0 Å². The highest BCUT2D eigenvalue weighted by Crippen LogP contribution is 2.29. The zero-order valence-electron chi connectivity index (χ0n) is 10.4. The summed E-state index contributed by atoms with van der Waals surface area (Å²) in [5, 5.41) is 3.71. The van der Waals surface area contributed by atoms with Crippen LogP contribution in [-0.4, -0.2) is 9.78 Å². The molecule has 3 nitrogen and oxygen atoms in total. The van der Waals surface area contributed by atoms with E-state index in [0.717, 1.165) is 24.4 Å². The van der Waals surface area contributed by atoms with Gasteiger partial charge in [0.2, 0.25) is 0 Å². The SMILES string of the molecule is CCC(N)c1ccc(-n2cc(C(F)(F)F)cn2)cc1. The molecule has 1 aromatic carbocycles. The molecule has 2 aromatic rings. The minimum absolute atomic E-state index is 0.0580. The first-order chi connectivity index (χ1) is 8.91. The van der Waals surface area contributed by atoms with Gasteiger partial charge in [0.25, 0.3) is 0 Å². The van der Waals surface area contributed by atoms with Crippen molar-refractivity contribution in [2.45, 2.75) is 25.6 Å². The van der Waals surface area contributed by atoms with Crippen molar-refractivity contribution in [3.05, 3.63) is 47.8 Å². The molecule has 19 heavy (non-hydrogen) atoms. The van der Waals surface area contributed by atoms with E-state index in [2.05, 4.69) is 5.10 Å². The molecule has 6 heteroatoms. The Morgan fingerprint density at radius 2 is 1.89 bits per heavy atom. The number of halogens is 3. The lowest BCUT2D eigenvalue weighted by Gasteiger charge is -2.09. The second-order valence-corrected chi connectivity index (χ2v) is 4.28. The fourth-order valence-electron chi connectivity index (χ4n) is 1.72. The summed E-state index contributed by atoms with van der Waals surface area (Å²) in [5.74, 6) is 0. The van der Waals surface area contributed by atoms with Gasteiger partial charge in [-0.3, -0.25) is 0 Å². The second kappa shape index (κ2) is 5.05. The zero-order valence-corrected chi connectivity index (χ0v) is 10.4. The van der Waals surface area contributed by atoms with Gasteiger partial charge in [0, 0.05) is 12.2 Å². The van der Waals surface area contributed by atoms with Crippen LogP contribution in [0.5, 0.6) is 0 Å². The van der Waals surface area contributed by atoms with Crippen molar-refractivity contribution in [1.82, 2.24) is 9.78 Å². The van der Waals surface area contributed by atoms with Gasteiger partial charge in [0.15, 0.2) is 0 Å². The molecule has 0 radical (unpaired) electrons. The fraction of sp³-hybridized carbons (Fsp3) is 0.308. The van der Waals surface area contributed by atoms with Crippen molar-refractivity contribution in [3.63, 3.8) is 0 Å². The molecule has 0 spiro atoms. The number of benzene rings is 1. The average molecular weight is 269 g/mol. The number of hydrogen-bond acceptors (Lipinski definition) is 2. The maximum atomic E-state index is 12.5. The smallest absolute Gasteiger partial charge is 0.324 e. The summed E-state index contributed by atoms with van der Waals surface area (Å²) in [7, 11) is 0. The van der Waals surface area contributed by atoms with E-state index in [0.29, 0.717) is 5.69 Å². The highest BCUT2D eigenvalue weighted by atomic mass is 19.4. The summed E-state index contributed by atoms with van der Waals surface area (Å²) in [6, 6.07) is 6.96. The van der Waals surface area contributed by atoms with Crippen LogP contribution in [0, 0.1) is 0 Å². The van der Waals surface area contributed by atoms with Crippen molar-refractivity contribution in [3.8, 4) is 5.69 Å². The van der Waals surface area contributed by atoms with Gasteiger partial charge in [0.1, 0.15) is 0 Å². The maximum absolute atomic E-state index is 12.5. The minimum atomic E-state index is -4.37. The number of rotatable bonds is 3. The lowest BCUT2D eigenvalue weighted by atomic mass is 10.1. The third-order valence-corrected chi connectivity index (χ3v) is 2.94. The van der Waals surface area contributed by atoms with Crippen LogP contribution in [0.15, 0.2) is 36.7 Å². The van der Waals surface area contributed by atoms with Crippen LogP contribution in [0.1, 0.15) is 30.5 Å². The number of aromatic nitrogens is 2. The van der Waals surface area contributed by atoms with Crippen LogP contribution in [0.25, 0.3) is 5.69 Å². The topological polar surface area (TPSA) is 43.8 Å². The predicted molar refractivity (Wildman–Crippen MR) is 65.8 cm³/mol. The van der Waals surface area contributed by atoms with Crippen LogP contribution in [-0.2, 0) is 6.18 Å². The monoisotopic (exact) mass is 269 g/mol. The van der Waals surface area contributed by atoms with Crippen molar-refractivity contribution in [2.75, 3.05) is 0 Å². The summed E-state index contributed by atoms with van der Waals surface area (Å²) in [6.07, 6.45) is -1.79. The number of nitrogens with two attached hydrogens (primary N) is 1. The molecule has 0 fully saturated rings. The second-order valence-electron chi connectivity index (χ2n) is 4.28. The van der Waals surface area contributed by atoms with E-state index in [4.69, 9.17) is 5.73 Å². The Labute approximate surface area is 108 Å². The fourth-order valence-corrected chi connectivity index (χ4v) is 1.72. The molecule has 1 heterocycles. The Morgan fingerprint density at radius 1 is 1.26 bits per heavy atom. The molecule has 1 aromatic heterocycles. The predicted octanol–water partition coefficient (Wildman–Crippen LogP) is 3.30. The van der Waals surface area contributed by atoms with Gasteiger partial charge < -0.3 is 5.73 Å². The van der Waals surface area contributed by atoms with Gasteiger partial charge in [-0.05, 0) is 24.1 Å². The molecular formula is C13H14F3N3. The van der Waals surface area contributed by atoms with E-state index in [9.17, 15) is 13.2 Å². The summed E-state index contributed by atoms with van der Waals surface area (Å²) in [5.41, 5.74) is 6.64. The maximum Gasteiger partial charge on any atom is 0.419 e. The van der Waals surface area contributed by atoms with Gasteiger partial charge in [-0.1, -0.05) is 19.1 Å². The molecule has 0 aliphatic carbocycles. The molecule has 0 saturated heterocycles. The van der Waals surface area contributed by atoms with Crippen LogP contribution in [0.3, 0.4) is 0 Å². The summed E-state index contributed by atoms with van der Waals surface area (Å²) in [4.78, 5) is 0.